The highest BCUT2D eigenvalue weighted by Crippen LogP contribution is 2.27. The Labute approximate surface area is 111 Å². The molecule has 2 N–H and O–H groups in total. The van der Waals surface area contributed by atoms with Crippen LogP contribution in [-0.2, 0) is 0 Å². The van der Waals surface area contributed by atoms with Crippen molar-refractivity contribution >= 4 is 39.6 Å². The van der Waals surface area contributed by atoms with Crippen LogP contribution in [0, 0.1) is 13.8 Å². The maximum absolute atomic E-state index is 11.8. The molecule has 0 saturated heterocycles. The monoisotopic (exact) mass is 282 g/mol. The fourth-order valence-electron chi connectivity index (χ4n) is 1.40. The summed E-state index contributed by atoms with van der Waals surface area (Å²) in [6.07, 6.45) is 1.51. The molecule has 18 heavy (non-hydrogen) atoms. The highest BCUT2D eigenvalue weighted by Gasteiger charge is 2.15. The molecule has 0 fully saturated rings. The number of carbonyl (C=O) groups excluding carboxylic acids is 1. The van der Waals surface area contributed by atoms with Gasteiger partial charge in [-0.2, -0.15) is 0 Å². The number of anilines is 1. The average Bonchev–Trinajstić information content (AvgIpc) is 2.85. The van der Waals surface area contributed by atoms with Crippen molar-refractivity contribution < 1.29 is 14.7 Å². The van der Waals surface area contributed by atoms with E-state index in [-0.39, 0.29) is 10.8 Å². The van der Waals surface area contributed by atoms with E-state index in [1.165, 1.54) is 17.5 Å². The van der Waals surface area contributed by atoms with Crippen molar-refractivity contribution in [2.45, 2.75) is 13.8 Å². The van der Waals surface area contributed by atoms with Gasteiger partial charge in [-0.05, 0) is 25.5 Å². The smallest absolute Gasteiger partial charge is 0.346 e. The van der Waals surface area contributed by atoms with Gasteiger partial charge in [-0.25, -0.2) is 9.78 Å². The van der Waals surface area contributed by atoms with Gasteiger partial charge >= 0.3 is 5.97 Å². The van der Waals surface area contributed by atoms with Crippen molar-refractivity contribution in [3.05, 3.63) is 32.6 Å². The first-order valence-corrected chi connectivity index (χ1v) is 6.68. The van der Waals surface area contributed by atoms with E-state index in [1.54, 1.807) is 13.0 Å². The van der Waals surface area contributed by atoms with Crippen LogP contribution in [0.5, 0.6) is 0 Å². The van der Waals surface area contributed by atoms with Crippen LogP contribution < -0.4 is 5.32 Å². The Balaban J connectivity index is 2.17. The van der Waals surface area contributed by atoms with Gasteiger partial charge in [0.25, 0.3) is 5.91 Å². The molecule has 0 unspecified atom stereocenters. The Morgan fingerprint density at radius 2 is 2.06 bits per heavy atom. The topological polar surface area (TPSA) is 79.3 Å². The van der Waals surface area contributed by atoms with Crippen LogP contribution in [0.1, 0.15) is 29.9 Å². The van der Waals surface area contributed by atoms with Gasteiger partial charge in [-0.15, -0.1) is 22.7 Å². The standard InChI is InChI=1S/C11H10N2O3S2/c1-5-3-8(18-9(5)11(15)16)13-10(14)7-4-12-6(2)17-7/h3-4H,1-2H3,(H,13,14)(H,15,16). The predicted octanol–water partition coefficient (Wildman–Crippen LogP) is 2.77. The summed E-state index contributed by atoms with van der Waals surface area (Å²) in [6, 6.07) is 1.65. The zero-order chi connectivity index (χ0) is 13.3. The normalized spacial score (nSPS) is 10.3. The maximum Gasteiger partial charge on any atom is 0.346 e. The number of hydrogen-bond acceptors (Lipinski definition) is 5. The third-order valence-electron chi connectivity index (χ3n) is 2.19. The molecule has 0 atom stereocenters. The lowest BCUT2D eigenvalue weighted by Crippen LogP contribution is -2.08. The Bertz CT molecular complexity index is 616. The van der Waals surface area contributed by atoms with E-state index >= 15 is 0 Å². The maximum atomic E-state index is 11.8. The molecule has 2 rings (SSSR count). The minimum Gasteiger partial charge on any atom is -0.477 e. The minimum absolute atomic E-state index is 0.241. The zero-order valence-electron chi connectivity index (χ0n) is 9.68. The number of nitrogens with one attached hydrogen (secondary N) is 1. The van der Waals surface area contributed by atoms with Gasteiger partial charge < -0.3 is 10.4 Å². The van der Waals surface area contributed by atoms with E-state index in [0.717, 1.165) is 16.3 Å². The lowest BCUT2D eigenvalue weighted by molar-refractivity contribution is 0.0701. The molecule has 0 aromatic carbocycles. The summed E-state index contributed by atoms with van der Waals surface area (Å²) in [7, 11) is 0. The SMILES string of the molecule is Cc1ncc(C(=O)Nc2cc(C)c(C(=O)O)s2)s1. The van der Waals surface area contributed by atoms with E-state index in [4.69, 9.17) is 5.11 Å². The van der Waals surface area contributed by atoms with Gasteiger partial charge in [0, 0.05) is 0 Å². The molecule has 5 nitrogen and oxygen atoms in total. The average molecular weight is 282 g/mol. The molecule has 2 aromatic rings. The largest absolute Gasteiger partial charge is 0.477 e. The summed E-state index contributed by atoms with van der Waals surface area (Å²) >= 11 is 2.35. The van der Waals surface area contributed by atoms with Crippen molar-refractivity contribution in [3.63, 3.8) is 0 Å². The molecule has 0 aliphatic carbocycles. The first kappa shape index (κ1) is 12.7. The summed E-state index contributed by atoms with van der Waals surface area (Å²) in [5.74, 6) is -1.24. The minimum atomic E-state index is -0.980. The molecule has 2 aromatic heterocycles. The van der Waals surface area contributed by atoms with Gasteiger partial charge in [0.2, 0.25) is 0 Å². The van der Waals surface area contributed by atoms with Crippen molar-refractivity contribution in [2.24, 2.45) is 0 Å². The highest BCUT2D eigenvalue weighted by atomic mass is 32.1. The van der Waals surface area contributed by atoms with Crippen LogP contribution in [0.15, 0.2) is 12.3 Å². The van der Waals surface area contributed by atoms with Gasteiger partial charge in [-0.3, -0.25) is 4.79 Å². The van der Waals surface area contributed by atoms with Gasteiger partial charge in [0.05, 0.1) is 16.2 Å². The lowest BCUT2D eigenvalue weighted by Gasteiger charge is -1.97. The fraction of sp³-hybridized carbons (Fsp3) is 0.182. The molecule has 0 saturated carbocycles. The Morgan fingerprint density at radius 1 is 1.33 bits per heavy atom. The van der Waals surface area contributed by atoms with Gasteiger partial charge in [0.1, 0.15) is 9.75 Å². The second-order valence-electron chi connectivity index (χ2n) is 3.63. The van der Waals surface area contributed by atoms with E-state index in [0.29, 0.717) is 15.4 Å². The van der Waals surface area contributed by atoms with E-state index in [9.17, 15) is 9.59 Å². The number of aromatic nitrogens is 1. The summed E-state index contributed by atoms with van der Waals surface area (Å²) < 4.78 is 0. The van der Waals surface area contributed by atoms with Crippen molar-refractivity contribution in [1.82, 2.24) is 4.98 Å². The first-order chi connectivity index (χ1) is 8.47. The quantitative estimate of drug-likeness (QED) is 0.907. The number of carboxylic acids is 1. The first-order valence-electron chi connectivity index (χ1n) is 5.05. The molecular formula is C11H10N2O3S2. The van der Waals surface area contributed by atoms with Gasteiger partial charge in [0.15, 0.2) is 0 Å². The summed E-state index contributed by atoms with van der Waals surface area (Å²) in [5, 5.41) is 12.9. The molecule has 0 radical (unpaired) electrons. The van der Waals surface area contributed by atoms with Gasteiger partial charge in [-0.1, -0.05) is 0 Å². The fourth-order valence-corrected chi connectivity index (χ4v) is 2.98. The number of thiophene rings is 1. The molecule has 0 aliphatic rings. The van der Waals surface area contributed by atoms with Crippen LogP contribution in [0.3, 0.4) is 0 Å². The Kier molecular flexibility index (Phi) is 3.44. The number of aromatic carboxylic acids is 1. The zero-order valence-corrected chi connectivity index (χ0v) is 11.3. The van der Waals surface area contributed by atoms with E-state index in [2.05, 4.69) is 10.3 Å². The molecule has 0 aliphatic heterocycles. The lowest BCUT2D eigenvalue weighted by atomic mass is 10.3. The van der Waals surface area contributed by atoms with Crippen LogP contribution in [0.25, 0.3) is 0 Å². The summed E-state index contributed by atoms with van der Waals surface area (Å²) in [6.45, 7) is 3.52. The molecular weight excluding hydrogens is 272 g/mol. The van der Waals surface area contributed by atoms with Crippen LogP contribution in [0.4, 0.5) is 5.00 Å². The molecule has 1 amide bonds. The number of rotatable bonds is 3. The number of thiazole rings is 1. The van der Waals surface area contributed by atoms with Crippen LogP contribution in [-0.4, -0.2) is 22.0 Å². The number of carboxylic acid groups (broad SMARTS) is 1. The molecule has 94 valence electrons. The second-order valence-corrected chi connectivity index (χ2v) is 5.91. The molecule has 7 heteroatoms. The summed E-state index contributed by atoms with van der Waals surface area (Å²) in [4.78, 5) is 27.5. The van der Waals surface area contributed by atoms with E-state index in [1.807, 2.05) is 6.92 Å². The van der Waals surface area contributed by atoms with Crippen molar-refractivity contribution in [2.75, 3.05) is 5.32 Å². The predicted molar refractivity (Wildman–Crippen MR) is 70.8 cm³/mol. The summed E-state index contributed by atoms with van der Waals surface area (Å²) in [5.41, 5.74) is 0.642. The molecule has 0 bridgehead atoms. The third-order valence-corrected chi connectivity index (χ3v) is 4.25. The Morgan fingerprint density at radius 3 is 2.56 bits per heavy atom. The van der Waals surface area contributed by atoms with Crippen molar-refractivity contribution in [3.8, 4) is 0 Å². The number of aryl methyl sites for hydroxylation is 2. The van der Waals surface area contributed by atoms with E-state index < -0.39 is 5.97 Å². The van der Waals surface area contributed by atoms with Crippen LogP contribution in [0.2, 0.25) is 0 Å². The number of carbonyl (C=O) groups is 2. The van der Waals surface area contributed by atoms with Crippen molar-refractivity contribution in [1.29, 1.82) is 0 Å². The molecule has 2 heterocycles. The molecule has 0 spiro atoms. The second kappa shape index (κ2) is 4.87. The number of nitrogens with zero attached hydrogens (tertiary/aromatic N) is 1. The van der Waals surface area contributed by atoms with Crippen LogP contribution >= 0.6 is 22.7 Å². The number of hydrogen-bond donors (Lipinski definition) is 2. The number of amides is 1. The highest BCUT2D eigenvalue weighted by molar-refractivity contribution is 7.18. The Hall–Kier alpha value is -1.73. The third kappa shape index (κ3) is 2.57.